The molecular formula is C18H25FN2O. The Morgan fingerprint density at radius 2 is 2.00 bits per heavy atom. The number of likely N-dealkylation sites (tertiary alicyclic amines) is 1. The lowest BCUT2D eigenvalue weighted by atomic mass is 9.79. The average Bonchev–Trinajstić information content (AvgIpc) is 3.15. The molecule has 1 unspecified atom stereocenters. The van der Waals surface area contributed by atoms with Crippen molar-refractivity contribution in [3.05, 3.63) is 35.6 Å². The van der Waals surface area contributed by atoms with Crippen molar-refractivity contribution in [3.8, 4) is 0 Å². The molecule has 120 valence electrons. The number of carbonyl (C=O) groups excluding carboxylic acids is 1. The molecular weight excluding hydrogens is 279 g/mol. The quantitative estimate of drug-likeness (QED) is 0.907. The van der Waals surface area contributed by atoms with Crippen molar-refractivity contribution in [3.63, 3.8) is 0 Å². The Bertz CT molecular complexity index is 522. The molecule has 3 rings (SSSR count). The number of benzene rings is 1. The molecule has 0 bridgehead atoms. The van der Waals surface area contributed by atoms with Gasteiger partial charge in [0.25, 0.3) is 0 Å². The third-order valence-corrected chi connectivity index (χ3v) is 5.31. The van der Waals surface area contributed by atoms with Gasteiger partial charge in [-0.15, -0.1) is 0 Å². The molecule has 1 aromatic carbocycles. The Labute approximate surface area is 131 Å². The molecule has 0 aromatic heterocycles. The van der Waals surface area contributed by atoms with E-state index in [4.69, 9.17) is 0 Å². The van der Waals surface area contributed by atoms with E-state index < -0.39 is 0 Å². The topological polar surface area (TPSA) is 32.3 Å². The van der Waals surface area contributed by atoms with Crippen molar-refractivity contribution in [2.75, 3.05) is 19.6 Å². The van der Waals surface area contributed by atoms with E-state index in [1.807, 2.05) is 17.0 Å². The van der Waals surface area contributed by atoms with Crippen LogP contribution in [0.2, 0.25) is 0 Å². The van der Waals surface area contributed by atoms with E-state index in [9.17, 15) is 9.18 Å². The number of carbonyl (C=O) groups is 1. The van der Waals surface area contributed by atoms with Crippen LogP contribution in [0.4, 0.5) is 9.18 Å². The van der Waals surface area contributed by atoms with Crippen molar-refractivity contribution < 1.29 is 9.18 Å². The molecule has 2 fully saturated rings. The molecule has 2 aliphatic rings. The summed E-state index contributed by atoms with van der Waals surface area (Å²) in [5, 5.41) is 3.13. The maximum atomic E-state index is 13.2. The van der Waals surface area contributed by atoms with Crippen molar-refractivity contribution in [1.82, 2.24) is 10.2 Å². The van der Waals surface area contributed by atoms with Crippen LogP contribution in [0.3, 0.4) is 0 Å². The van der Waals surface area contributed by atoms with Crippen LogP contribution in [0, 0.1) is 11.7 Å². The second-order valence-electron chi connectivity index (χ2n) is 6.99. The standard InChI is InChI=1S/C18H25FN2O/c1-14-8-11-21(12-14)17(22)20-13-18(9-2-3-10-18)15-4-6-16(19)7-5-15/h4-7,14H,2-3,8-13H2,1H3,(H,20,22). The molecule has 1 aliphatic heterocycles. The van der Waals surface area contributed by atoms with Gasteiger partial charge in [-0.1, -0.05) is 31.9 Å². The number of hydrogen-bond acceptors (Lipinski definition) is 1. The molecule has 1 aliphatic carbocycles. The highest BCUT2D eigenvalue weighted by Gasteiger charge is 2.36. The van der Waals surface area contributed by atoms with Gasteiger partial charge in [-0.05, 0) is 42.9 Å². The summed E-state index contributed by atoms with van der Waals surface area (Å²) in [5.41, 5.74) is 1.14. The SMILES string of the molecule is CC1CCN(C(=O)NCC2(c3ccc(F)cc3)CCCC2)C1. The van der Waals surface area contributed by atoms with Crippen LogP contribution in [0.5, 0.6) is 0 Å². The lowest BCUT2D eigenvalue weighted by Crippen LogP contribution is -2.45. The zero-order chi connectivity index (χ0) is 15.6. The van der Waals surface area contributed by atoms with Crippen LogP contribution >= 0.6 is 0 Å². The van der Waals surface area contributed by atoms with Gasteiger partial charge >= 0.3 is 6.03 Å². The minimum atomic E-state index is -0.202. The molecule has 1 aromatic rings. The first-order valence-electron chi connectivity index (χ1n) is 8.38. The molecule has 1 N–H and O–H groups in total. The highest BCUT2D eigenvalue weighted by molar-refractivity contribution is 5.74. The Morgan fingerprint density at radius 1 is 1.32 bits per heavy atom. The van der Waals surface area contributed by atoms with Crippen molar-refractivity contribution >= 4 is 6.03 Å². The fraction of sp³-hybridized carbons (Fsp3) is 0.611. The predicted octanol–water partition coefficient (Wildman–Crippen LogP) is 3.69. The zero-order valence-corrected chi connectivity index (χ0v) is 13.3. The van der Waals surface area contributed by atoms with Crippen LogP contribution in [-0.2, 0) is 5.41 Å². The van der Waals surface area contributed by atoms with E-state index >= 15 is 0 Å². The maximum absolute atomic E-state index is 13.2. The van der Waals surface area contributed by atoms with Gasteiger partial charge in [0.1, 0.15) is 5.82 Å². The van der Waals surface area contributed by atoms with E-state index in [0.29, 0.717) is 12.5 Å². The van der Waals surface area contributed by atoms with E-state index in [2.05, 4.69) is 12.2 Å². The number of amides is 2. The molecule has 4 heteroatoms. The molecule has 22 heavy (non-hydrogen) atoms. The number of rotatable bonds is 3. The number of halogens is 1. The Kier molecular flexibility index (Phi) is 4.37. The second kappa shape index (κ2) is 6.27. The van der Waals surface area contributed by atoms with Crippen molar-refractivity contribution in [2.24, 2.45) is 5.92 Å². The summed E-state index contributed by atoms with van der Waals surface area (Å²) >= 11 is 0. The van der Waals surface area contributed by atoms with Gasteiger partial charge in [-0.2, -0.15) is 0 Å². The number of hydrogen-bond donors (Lipinski definition) is 1. The third-order valence-electron chi connectivity index (χ3n) is 5.31. The summed E-state index contributed by atoms with van der Waals surface area (Å²) in [4.78, 5) is 14.2. The van der Waals surface area contributed by atoms with Gasteiger partial charge in [0.2, 0.25) is 0 Å². The minimum absolute atomic E-state index is 0.0191. The summed E-state index contributed by atoms with van der Waals surface area (Å²) in [6, 6.07) is 6.87. The molecule has 1 heterocycles. The van der Waals surface area contributed by atoms with Crippen LogP contribution in [0.25, 0.3) is 0 Å². The van der Waals surface area contributed by atoms with Crippen molar-refractivity contribution in [1.29, 1.82) is 0 Å². The predicted molar refractivity (Wildman–Crippen MR) is 85.3 cm³/mol. The fourth-order valence-corrected chi connectivity index (χ4v) is 3.90. The van der Waals surface area contributed by atoms with E-state index in [-0.39, 0.29) is 17.3 Å². The lowest BCUT2D eigenvalue weighted by molar-refractivity contribution is 0.203. The normalized spacial score (nSPS) is 23.7. The van der Waals surface area contributed by atoms with Crippen LogP contribution in [0.15, 0.2) is 24.3 Å². The number of urea groups is 1. The first-order valence-corrected chi connectivity index (χ1v) is 8.38. The van der Waals surface area contributed by atoms with Gasteiger partial charge in [-0.25, -0.2) is 9.18 Å². The summed E-state index contributed by atoms with van der Waals surface area (Å²) in [7, 11) is 0. The second-order valence-corrected chi connectivity index (χ2v) is 6.99. The van der Waals surface area contributed by atoms with Gasteiger partial charge in [-0.3, -0.25) is 0 Å². The summed E-state index contributed by atoms with van der Waals surface area (Å²) in [6.07, 6.45) is 5.57. The summed E-state index contributed by atoms with van der Waals surface area (Å²) in [5.74, 6) is 0.398. The molecule has 1 saturated carbocycles. The fourth-order valence-electron chi connectivity index (χ4n) is 3.90. The molecule has 0 radical (unpaired) electrons. The van der Waals surface area contributed by atoms with Crippen LogP contribution in [-0.4, -0.2) is 30.6 Å². The van der Waals surface area contributed by atoms with Gasteiger partial charge in [0.15, 0.2) is 0 Å². The Balaban J connectivity index is 1.67. The third kappa shape index (κ3) is 3.11. The molecule has 3 nitrogen and oxygen atoms in total. The average molecular weight is 304 g/mol. The van der Waals surface area contributed by atoms with E-state index in [1.165, 1.54) is 25.0 Å². The maximum Gasteiger partial charge on any atom is 0.317 e. The molecule has 1 atom stereocenters. The smallest absolute Gasteiger partial charge is 0.317 e. The first kappa shape index (κ1) is 15.3. The number of nitrogens with one attached hydrogen (secondary N) is 1. The van der Waals surface area contributed by atoms with Crippen LogP contribution < -0.4 is 5.32 Å². The summed E-state index contributed by atoms with van der Waals surface area (Å²) < 4.78 is 13.2. The monoisotopic (exact) mass is 304 g/mol. The molecule has 1 saturated heterocycles. The Hall–Kier alpha value is -1.58. The van der Waals surface area contributed by atoms with Gasteiger partial charge in [0.05, 0.1) is 0 Å². The zero-order valence-electron chi connectivity index (χ0n) is 13.3. The number of nitrogens with zero attached hydrogens (tertiary/aromatic N) is 1. The minimum Gasteiger partial charge on any atom is -0.337 e. The molecule has 2 amide bonds. The highest BCUT2D eigenvalue weighted by atomic mass is 19.1. The van der Waals surface area contributed by atoms with Gasteiger partial charge in [0, 0.05) is 25.0 Å². The Morgan fingerprint density at radius 3 is 2.59 bits per heavy atom. The highest BCUT2D eigenvalue weighted by Crippen LogP contribution is 2.40. The van der Waals surface area contributed by atoms with E-state index in [1.54, 1.807) is 0 Å². The lowest BCUT2D eigenvalue weighted by Gasteiger charge is -2.31. The van der Waals surface area contributed by atoms with Gasteiger partial charge < -0.3 is 10.2 Å². The first-order chi connectivity index (χ1) is 10.6. The van der Waals surface area contributed by atoms with Crippen molar-refractivity contribution in [2.45, 2.75) is 44.4 Å². The largest absolute Gasteiger partial charge is 0.337 e. The van der Waals surface area contributed by atoms with E-state index in [0.717, 1.165) is 37.9 Å². The summed E-state index contributed by atoms with van der Waals surface area (Å²) in [6.45, 7) is 4.55. The van der Waals surface area contributed by atoms with Crippen LogP contribution in [0.1, 0.15) is 44.6 Å². The molecule has 0 spiro atoms.